The minimum absolute atomic E-state index is 0.559. The summed E-state index contributed by atoms with van der Waals surface area (Å²) in [6.45, 7) is 0. The molecule has 0 unspecified atom stereocenters. The molecule has 4 rings (SSSR count). The number of rotatable bonds is 4. The maximum Gasteiger partial charge on any atom is 0.151 e. The van der Waals surface area contributed by atoms with Crippen molar-refractivity contribution in [3.8, 4) is 33.8 Å². The number of benzene rings is 4. The van der Waals surface area contributed by atoms with Crippen LogP contribution < -0.4 is 4.74 Å². The number of hydrogen-bond acceptors (Lipinski definition) is 1. The lowest BCUT2D eigenvalue weighted by Gasteiger charge is -2.24. The molecular weight excluding hydrogens is 1580 g/mol. The van der Waals surface area contributed by atoms with Gasteiger partial charge in [-0.25, -0.2) is 0 Å². The molecule has 17 heteroatoms. The molecule has 0 aliphatic heterocycles. The molecule has 0 aliphatic rings. The average Bonchev–Trinajstić information content (AvgIpc) is 2.94. The molecule has 0 bridgehead atoms. The van der Waals surface area contributed by atoms with Crippen LogP contribution >= 0.6 is 255 Å². The van der Waals surface area contributed by atoms with E-state index in [1.54, 1.807) is 0 Å². The van der Waals surface area contributed by atoms with Crippen LogP contribution in [0.4, 0.5) is 0 Å². The Hall–Kier alpha value is 4.36. The molecule has 0 atom stereocenters. The average molecular weight is 1580 g/mol. The van der Waals surface area contributed by atoms with Crippen molar-refractivity contribution in [2.75, 3.05) is 0 Å². The Bertz CT molecular complexity index is 1650. The summed E-state index contributed by atoms with van der Waals surface area (Å²) in [5.41, 5.74) is 3.31. The van der Waals surface area contributed by atoms with Crippen LogP contribution in [-0.4, -0.2) is 0 Å². The smallest absolute Gasteiger partial charge is 0.151 e. The fourth-order valence-electron chi connectivity index (χ4n) is 3.51. The second-order valence-corrected chi connectivity index (χ2v) is 20.5. The van der Waals surface area contributed by atoms with Crippen molar-refractivity contribution in [3.63, 3.8) is 0 Å². The van der Waals surface area contributed by atoms with Crippen molar-refractivity contribution < 1.29 is 4.74 Å². The molecule has 0 aromatic heterocycles. The molecular formula is C24H2Br16O. The SMILES string of the molecule is Brc1cc(-c2c(Br)c(Br)c(Br)c(Br)c2Oc2c(Br)c(Br)c(Br)c(Br)c2-c2cc(Br)c(Br)c(Br)c2Br)c(Br)c(Br)c1Br. The molecule has 0 aliphatic carbocycles. The molecule has 0 N–H and O–H groups in total. The maximum atomic E-state index is 6.99. The highest BCUT2D eigenvalue weighted by molar-refractivity contribution is 9.17. The van der Waals surface area contributed by atoms with Crippen molar-refractivity contribution >= 4 is 255 Å². The zero-order valence-corrected chi connectivity index (χ0v) is 44.0. The van der Waals surface area contributed by atoms with Crippen molar-refractivity contribution in [3.05, 3.63) is 83.7 Å². The summed E-state index contributed by atoms with van der Waals surface area (Å²) < 4.78 is 20.0. The second-order valence-electron chi connectivity index (χ2n) is 7.72. The predicted octanol–water partition coefficient (Wildman–Crippen LogP) is 19.0. The van der Waals surface area contributed by atoms with Gasteiger partial charge in [0.1, 0.15) is 0 Å². The van der Waals surface area contributed by atoms with E-state index in [-0.39, 0.29) is 0 Å². The van der Waals surface area contributed by atoms with Crippen LogP contribution in [0.15, 0.2) is 83.7 Å². The Morgan fingerprint density at radius 1 is 0.293 bits per heavy atom. The molecule has 216 valence electrons. The van der Waals surface area contributed by atoms with Gasteiger partial charge < -0.3 is 4.74 Å². The third kappa shape index (κ3) is 7.31. The highest BCUT2D eigenvalue weighted by Gasteiger charge is 2.30. The van der Waals surface area contributed by atoms with E-state index in [4.69, 9.17) is 4.74 Å². The second kappa shape index (κ2) is 15.5. The third-order valence-corrected chi connectivity index (χ3v) is 24.2. The van der Waals surface area contributed by atoms with Gasteiger partial charge >= 0.3 is 0 Å². The van der Waals surface area contributed by atoms with Crippen LogP contribution in [-0.2, 0) is 0 Å². The van der Waals surface area contributed by atoms with E-state index >= 15 is 0 Å². The minimum Gasteiger partial charge on any atom is -0.454 e. The summed E-state index contributed by atoms with van der Waals surface area (Å²) in [6, 6.07) is 4.03. The quantitative estimate of drug-likeness (QED) is 0.146. The lowest BCUT2D eigenvalue weighted by atomic mass is 10.0. The zero-order valence-electron chi connectivity index (χ0n) is 18.6. The van der Waals surface area contributed by atoms with Crippen molar-refractivity contribution in [2.45, 2.75) is 0 Å². The Labute approximate surface area is 370 Å². The molecule has 0 radical (unpaired) electrons. The van der Waals surface area contributed by atoms with Crippen LogP contribution in [0.2, 0.25) is 0 Å². The normalized spacial score (nSPS) is 11.4. The topological polar surface area (TPSA) is 9.23 Å². The van der Waals surface area contributed by atoms with Gasteiger partial charge in [0.2, 0.25) is 0 Å². The van der Waals surface area contributed by atoms with Gasteiger partial charge in [-0.15, -0.1) is 0 Å². The van der Waals surface area contributed by atoms with Gasteiger partial charge in [0, 0.05) is 75.9 Å². The summed E-state index contributed by atoms with van der Waals surface area (Å²) in [5, 5.41) is 0. The zero-order chi connectivity index (χ0) is 30.8. The molecule has 0 amide bonds. The number of hydrogen-bond donors (Lipinski definition) is 0. The fourth-order valence-corrected chi connectivity index (χ4v) is 12.7. The van der Waals surface area contributed by atoms with E-state index in [2.05, 4.69) is 255 Å². The Morgan fingerprint density at radius 2 is 0.561 bits per heavy atom. The van der Waals surface area contributed by atoms with Gasteiger partial charge in [-0.1, -0.05) is 0 Å². The van der Waals surface area contributed by atoms with Crippen LogP contribution in [0.25, 0.3) is 22.3 Å². The summed E-state index contributed by atoms with van der Waals surface area (Å²) in [5.74, 6) is 1.12. The van der Waals surface area contributed by atoms with Gasteiger partial charge in [0.05, 0.1) is 17.9 Å². The van der Waals surface area contributed by atoms with Crippen molar-refractivity contribution in [1.82, 2.24) is 0 Å². The van der Waals surface area contributed by atoms with Crippen LogP contribution in [0.1, 0.15) is 0 Å². The molecule has 4 aromatic carbocycles. The van der Waals surface area contributed by atoms with Crippen molar-refractivity contribution in [1.29, 1.82) is 0 Å². The van der Waals surface area contributed by atoms with Gasteiger partial charge in [0.15, 0.2) is 11.5 Å². The van der Waals surface area contributed by atoms with Gasteiger partial charge in [-0.3, -0.25) is 0 Å². The first kappa shape index (κ1) is 38.2. The first-order valence-corrected chi connectivity index (χ1v) is 22.8. The molecule has 0 saturated heterocycles. The highest BCUT2D eigenvalue weighted by Crippen LogP contribution is 2.59. The summed E-state index contributed by atoms with van der Waals surface area (Å²) in [7, 11) is 0. The maximum absolute atomic E-state index is 6.99. The fraction of sp³-hybridized carbons (Fsp3) is 0. The molecule has 0 spiro atoms. The van der Waals surface area contributed by atoms with E-state index in [0.29, 0.717) is 20.4 Å². The molecule has 0 saturated carbocycles. The van der Waals surface area contributed by atoms with E-state index in [0.717, 1.165) is 84.9 Å². The summed E-state index contributed by atoms with van der Waals surface area (Å²) in [4.78, 5) is 0. The van der Waals surface area contributed by atoms with Gasteiger partial charge in [-0.2, -0.15) is 0 Å². The Morgan fingerprint density at radius 3 is 0.878 bits per heavy atom. The minimum atomic E-state index is 0.559. The van der Waals surface area contributed by atoms with E-state index in [1.807, 2.05) is 12.1 Å². The molecule has 0 heterocycles. The highest BCUT2D eigenvalue weighted by atomic mass is 79.9. The third-order valence-electron chi connectivity index (χ3n) is 5.40. The Balaban J connectivity index is 2.16. The number of halogens is 16. The van der Waals surface area contributed by atoms with Gasteiger partial charge in [0.25, 0.3) is 0 Å². The van der Waals surface area contributed by atoms with Gasteiger partial charge in [-0.05, 0) is 267 Å². The summed E-state index contributed by atoms with van der Waals surface area (Å²) >= 11 is 59.7. The monoisotopic (exact) mass is 1570 g/mol. The lowest BCUT2D eigenvalue weighted by Crippen LogP contribution is -1.99. The first-order chi connectivity index (χ1) is 19.0. The largest absolute Gasteiger partial charge is 0.454 e. The molecule has 4 aromatic rings. The first-order valence-electron chi connectivity index (χ1n) is 10.1. The standard InChI is InChI=1S/C24H2Br16O/c25-5-1-3(9(27)15(33)11(5)29)7-13(31)17(35)19(37)21(39)23(7)41-24-8(14(32)18(36)20(38)22(24)40)4-2-6(26)12(30)16(34)10(4)28/h1-2H. The molecule has 41 heavy (non-hydrogen) atoms. The lowest BCUT2D eigenvalue weighted by molar-refractivity contribution is 0.478. The van der Waals surface area contributed by atoms with E-state index in [1.165, 1.54) is 0 Å². The van der Waals surface area contributed by atoms with Crippen LogP contribution in [0, 0.1) is 0 Å². The number of ether oxygens (including phenoxy) is 1. The van der Waals surface area contributed by atoms with Crippen molar-refractivity contribution in [2.24, 2.45) is 0 Å². The Kier molecular flexibility index (Phi) is 14.4. The van der Waals surface area contributed by atoms with E-state index in [9.17, 15) is 0 Å². The molecule has 1 nitrogen and oxygen atoms in total. The predicted molar refractivity (Wildman–Crippen MR) is 227 cm³/mol. The van der Waals surface area contributed by atoms with Crippen LogP contribution in [0.3, 0.4) is 0 Å². The summed E-state index contributed by atoms with van der Waals surface area (Å²) in [6.07, 6.45) is 0. The van der Waals surface area contributed by atoms with E-state index < -0.39 is 0 Å². The van der Waals surface area contributed by atoms with Crippen LogP contribution in [0.5, 0.6) is 11.5 Å². The molecule has 0 fully saturated rings.